The number of aromatic amines is 1. The molecule has 1 atom stereocenters. The van der Waals surface area contributed by atoms with Gasteiger partial charge in [0, 0.05) is 12.5 Å². The number of benzene rings is 1. The van der Waals surface area contributed by atoms with Crippen LogP contribution in [0.2, 0.25) is 0 Å². The van der Waals surface area contributed by atoms with E-state index in [2.05, 4.69) is 15.5 Å². The third-order valence-electron chi connectivity index (χ3n) is 3.35. The van der Waals surface area contributed by atoms with Crippen LogP contribution in [-0.2, 0) is 6.61 Å². The van der Waals surface area contributed by atoms with Crippen molar-refractivity contribution in [1.29, 1.82) is 0 Å². The largest absolute Gasteiger partial charge is 0.484 e. The van der Waals surface area contributed by atoms with Crippen LogP contribution >= 0.6 is 0 Å². The number of ether oxygens (including phenoxy) is 1. The monoisotopic (exact) mass is 261 g/mol. The number of H-pyrrole nitrogens is 1. The Labute approximate surface area is 111 Å². The van der Waals surface area contributed by atoms with E-state index in [-0.39, 0.29) is 11.6 Å². The maximum Gasteiger partial charge on any atom is 0.165 e. The molecule has 1 aliphatic rings. The molecule has 1 aromatic carbocycles. The number of aromatic nitrogens is 2. The van der Waals surface area contributed by atoms with Crippen molar-refractivity contribution in [3.8, 4) is 5.75 Å². The van der Waals surface area contributed by atoms with Gasteiger partial charge in [-0.15, -0.1) is 0 Å². The summed E-state index contributed by atoms with van der Waals surface area (Å²) in [7, 11) is 0. The minimum absolute atomic E-state index is 0.265. The topological polar surface area (TPSA) is 49.9 Å². The molecule has 1 aliphatic heterocycles. The standard InChI is InChI=1S/C14H16FN3O/c15-12-3-1-2-4-14(12)19-9-11-7-13(18-17-11)10-5-6-16-8-10/h1-4,7,10,16H,5-6,8-9H2,(H,17,18)/t10-/m0/s1. The molecule has 0 aliphatic carbocycles. The summed E-state index contributed by atoms with van der Waals surface area (Å²) in [6.45, 7) is 2.31. The highest BCUT2D eigenvalue weighted by molar-refractivity contribution is 5.24. The average Bonchev–Trinajstić information content (AvgIpc) is 3.09. The number of nitrogens with one attached hydrogen (secondary N) is 2. The first-order chi connectivity index (χ1) is 9.33. The Morgan fingerprint density at radius 2 is 2.26 bits per heavy atom. The van der Waals surface area contributed by atoms with Gasteiger partial charge in [0.1, 0.15) is 6.61 Å². The third kappa shape index (κ3) is 2.76. The Morgan fingerprint density at radius 1 is 1.37 bits per heavy atom. The molecule has 2 aromatic rings. The van der Waals surface area contributed by atoms with Gasteiger partial charge in [0.25, 0.3) is 0 Å². The molecule has 100 valence electrons. The van der Waals surface area contributed by atoms with Crippen LogP contribution in [0, 0.1) is 5.82 Å². The summed E-state index contributed by atoms with van der Waals surface area (Å²) in [6.07, 6.45) is 1.11. The Kier molecular flexibility index (Phi) is 3.46. The molecule has 4 nitrogen and oxygen atoms in total. The molecule has 1 saturated heterocycles. The van der Waals surface area contributed by atoms with Crippen LogP contribution in [0.1, 0.15) is 23.7 Å². The Morgan fingerprint density at radius 3 is 3.05 bits per heavy atom. The molecule has 5 heteroatoms. The molecule has 0 amide bonds. The van der Waals surface area contributed by atoms with Crippen LogP contribution < -0.4 is 10.1 Å². The van der Waals surface area contributed by atoms with Crippen molar-refractivity contribution in [2.45, 2.75) is 18.9 Å². The lowest BCUT2D eigenvalue weighted by molar-refractivity contribution is 0.286. The van der Waals surface area contributed by atoms with Gasteiger partial charge in [0.15, 0.2) is 11.6 Å². The minimum Gasteiger partial charge on any atom is -0.484 e. The molecule has 0 bridgehead atoms. The zero-order valence-corrected chi connectivity index (χ0v) is 10.5. The quantitative estimate of drug-likeness (QED) is 0.887. The highest BCUT2D eigenvalue weighted by Gasteiger charge is 2.19. The molecular weight excluding hydrogens is 245 g/mol. The van der Waals surface area contributed by atoms with Gasteiger partial charge in [0.2, 0.25) is 0 Å². The molecule has 0 spiro atoms. The van der Waals surface area contributed by atoms with Crippen molar-refractivity contribution in [3.63, 3.8) is 0 Å². The fourth-order valence-electron chi connectivity index (χ4n) is 2.29. The van der Waals surface area contributed by atoms with Crippen molar-refractivity contribution >= 4 is 0 Å². The number of hydrogen-bond donors (Lipinski definition) is 2. The van der Waals surface area contributed by atoms with Gasteiger partial charge in [-0.2, -0.15) is 5.10 Å². The van der Waals surface area contributed by atoms with E-state index < -0.39 is 0 Å². The lowest BCUT2D eigenvalue weighted by atomic mass is 10.1. The maximum atomic E-state index is 13.4. The molecular formula is C14H16FN3O. The van der Waals surface area contributed by atoms with Crippen molar-refractivity contribution in [1.82, 2.24) is 15.5 Å². The smallest absolute Gasteiger partial charge is 0.165 e. The van der Waals surface area contributed by atoms with Crippen LogP contribution in [0.4, 0.5) is 4.39 Å². The molecule has 1 aromatic heterocycles. The highest BCUT2D eigenvalue weighted by atomic mass is 19.1. The number of hydrogen-bond acceptors (Lipinski definition) is 3. The Balaban J connectivity index is 1.63. The van der Waals surface area contributed by atoms with Gasteiger partial charge in [0.05, 0.1) is 11.4 Å². The van der Waals surface area contributed by atoms with E-state index in [4.69, 9.17) is 4.74 Å². The molecule has 2 heterocycles. The van der Waals surface area contributed by atoms with Crippen molar-refractivity contribution < 1.29 is 9.13 Å². The predicted octanol–water partition coefficient (Wildman–Crippen LogP) is 2.20. The van der Waals surface area contributed by atoms with Crippen LogP contribution in [0.15, 0.2) is 30.3 Å². The van der Waals surface area contributed by atoms with E-state index in [1.54, 1.807) is 18.2 Å². The fourth-order valence-corrected chi connectivity index (χ4v) is 2.29. The summed E-state index contributed by atoms with van der Waals surface area (Å²) in [5, 5.41) is 10.6. The van der Waals surface area contributed by atoms with Crippen molar-refractivity contribution in [2.24, 2.45) is 0 Å². The number of nitrogens with zero attached hydrogens (tertiary/aromatic N) is 1. The summed E-state index contributed by atoms with van der Waals surface area (Å²) in [6, 6.07) is 8.40. The first-order valence-corrected chi connectivity index (χ1v) is 6.45. The summed E-state index contributed by atoms with van der Waals surface area (Å²) in [5.41, 5.74) is 1.92. The predicted molar refractivity (Wildman–Crippen MR) is 69.5 cm³/mol. The number of halogens is 1. The zero-order valence-electron chi connectivity index (χ0n) is 10.5. The lowest BCUT2D eigenvalue weighted by Crippen LogP contribution is -2.08. The van der Waals surface area contributed by atoms with Gasteiger partial charge in [-0.05, 0) is 31.2 Å². The summed E-state index contributed by atoms with van der Waals surface area (Å²) < 4.78 is 18.8. The number of para-hydroxylation sites is 1. The minimum atomic E-state index is -0.345. The van der Waals surface area contributed by atoms with Crippen LogP contribution in [0.5, 0.6) is 5.75 Å². The Hall–Kier alpha value is -1.88. The van der Waals surface area contributed by atoms with E-state index in [9.17, 15) is 4.39 Å². The summed E-state index contributed by atoms with van der Waals surface area (Å²) >= 11 is 0. The Bertz CT molecular complexity index is 549. The van der Waals surface area contributed by atoms with Gasteiger partial charge >= 0.3 is 0 Å². The summed E-state index contributed by atoms with van der Waals surface area (Å²) in [5.74, 6) is 0.391. The fraction of sp³-hybridized carbons (Fsp3) is 0.357. The van der Waals surface area contributed by atoms with Crippen LogP contribution in [0.25, 0.3) is 0 Å². The molecule has 0 saturated carbocycles. The normalized spacial score (nSPS) is 18.7. The molecule has 3 rings (SSSR count). The molecule has 2 N–H and O–H groups in total. The van der Waals surface area contributed by atoms with Crippen LogP contribution in [0.3, 0.4) is 0 Å². The molecule has 19 heavy (non-hydrogen) atoms. The lowest BCUT2D eigenvalue weighted by Gasteiger charge is -2.05. The molecule has 0 radical (unpaired) electrons. The van der Waals surface area contributed by atoms with Gasteiger partial charge in [-0.1, -0.05) is 12.1 Å². The van der Waals surface area contributed by atoms with Crippen molar-refractivity contribution in [3.05, 3.63) is 47.5 Å². The second-order valence-electron chi connectivity index (χ2n) is 4.73. The van der Waals surface area contributed by atoms with E-state index in [0.29, 0.717) is 12.5 Å². The highest BCUT2D eigenvalue weighted by Crippen LogP contribution is 2.22. The number of rotatable bonds is 4. The maximum absolute atomic E-state index is 13.4. The van der Waals surface area contributed by atoms with E-state index in [0.717, 1.165) is 30.9 Å². The van der Waals surface area contributed by atoms with E-state index in [1.165, 1.54) is 6.07 Å². The van der Waals surface area contributed by atoms with Gasteiger partial charge < -0.3 is 10.1 Å². The second-order valence-corrected chi connectivity index (χ2v) is 4.73. The van der Waals surface area contributed by atoms with Gasteiger partial charge in [-0.3, -0.25) is 5.10 Å². The zero-order chi connectivity index (χ0) is 13.1. The van der Waals surface area contributed by atoms with Gasteiger partial charge in [-0.25, -0.2) is 4.39 Å². The first-order valence-electron chi connectivity index (χ1n) is 6.45. The van der Waals surface area contributed by atoms with Crippen LogP contribution in [-0.4, -0.2) is 23.3 Å². The third-order valence-corrected chi connectivity index (χ3v) is 3.35. The first kappa shape index (κ1) is 12.2. The average molecular weight is 261 g/mol. The second kappa shape index (κ2) is 5.40. The van der Waals surface area contributed by atoms with Crippen molar-refractivity contribution in [2.75, 3.05) is 13.1 Å². The molecule has 0 unspecified atom stereocenters. The SMILES string of the molecule is Fc1ccccc1OCc1cc([C@H]2CCNC2)n[nH]1. The van der Waals surface area contributed by atoms with E-state index in [1.807, 2.05) is 6.07 Å². The summed E-state index contributed by atoms with van der Waals surface area (Å²) in [4.78, 5) is 0. The molecule has 1 fully saturated rings. The van der Waals surface area contributed by atoms with E-state index >= 15 is 0 Å².